The molecule has 0 amide bonds. The topological polar surface area (TPSA) is 82.5 Å². The molecule has 0 fully saturated rings. The number of fused-ring (bicyclic) bond motifs is 7. The van der Waals surface area contributed by atoms with Gasteiger partial charge in [-0.05, 0) is 96.6 Å². The molecule has 0 saturated carbocycles. The summed E-state index contributed by atoms with van der Waals surface area (Å²) < 4.78 is 9.44. The average Bonchev–Trinajstić information content (AvgIpc) is 3.85. The lowest BCUT2D eigenvalue weighted by molar-refractivity contribution is 0.673. The molecule has 11 aromatic rings. The molecule has 0 unspecified atom stereocenters. The average molecular weight is 761 g/mol. The second-order valence-corrected chi connectivity index (χ2v) is 14.9. The smallest absolute Gasteiger partial charge is 0.165 e. The van der Waals surface area contributed by atoms with Gasteiger partial charge in [-0.15, -0.1) is 0 Å². The van der Waals surface area contributed by atoms with Gasteiger partial charge in [0.2, 0.25) is 0 Å². The van der Waals surface area contributed by atoms with Crippen LogP contribution in [-0.2, 0) is 12.8 Å². The highest BCUT2D eigenvalue weighted by Crippen LogP contribution is 2.44. The first kappa shape index (κ1) is 34.5. The van der Waals surface area contributed by atoms with Gasteiger partial charge in [-0.2, -0.15) is 0 Å². The van der Waals surface area contributed by atoms with E-state index >= 15 is 0 Å². The molecule has 280 valence electrons. The third kappa shape index (κ3) is 6.03. The molecule has 11 rings (SSSR count). The van der Waals surface area contributed by atoms with Gasteiger partial charge in [0.15, 0.2) is 17.5 Å². The van der Waals surface area contributed by atoms with Crippen molar-refractivity contribution in [2.75, 3.05) is 0 Å². The third-order valence-electron chi connectivity index (χ3n) is 11.3. The largest absolute Gasteiger partial charge is 0.455 e. The summed E-state index contributed by atoms with van der Waals surface area (Å²) in [5.41, 5.74) is 13.9. The summed E-state index contributed by atoms with van der Waals surface area (Å²) in [5, 5.41) is 4.57. The summed E-state index contributed by atoms with van der Waals surface area (Å²) >= 11 is 0. The number of aromatic nitrogens is 6. The molecular formula is C52H36N6O. The van der Waals surface area contributed by atoms with Crippen molar-refractivity contribution in [2.24, 2.45) is 0 Å². The van der Waals surface area contributed by atoms with Crippen molar-refractivity contribution < 1.29 is 4.42 Å². The zero-order valence-corrected chi connectivity index (χ0v) is 32.2. The number of rotatable bonds is 8. The van der Waals surface area contributed by atoms with E-state index in [0.29, 0.717) is 17.5 Å². The number of benzene rings is 6. The third-order valence-corrected chi connectivity index (χ3v) is 11.3. The molecule has 0 aliphatic carbocycles. The van der Waals surface area contributed by atoms with Gasteiger partial charge in [0.25, 0.3) is 0 Å². The quantitative estimate of drug-likeness (QED) is 0.153. The highest BCUT2D eigenvalue weighted by molar-refractivity contribution is 6.24. The SMILES string of the molecule is Cc1ccc2c(oc3c2ccc2c3c3ccccc3n2-c2ccccc2)c1-c1ccccc1CCc1ccc(-c2nc(-c3cccnc3)nc(-c3cccnc3)n2)cc1. The van der Waals surface area contributed by atoms with Gasteiger partial charge in [0.1, 0.15) is 11.2 Å². The van der Waals surface area contributed by atoms with Crippen LogP contribution in [0.3, 0.4) is 0 Å². The van der Waals surface area contributed by atoms with E-state index in [1.165, 1.54) is 27.6 Å². The Hall–Kier alpha value is -7.77. The molecule has 0 bridgehead atoms. The van der Waals surface area contributed by atoms with Crippen molar-refractivity contribution in [2.45, 2.75) is 19.8 Å². The van der Waals surface area contributed by atoms with Gasteiger partial charge in [-0.3, -0.25) is 9.97 Å². The first-order valence-corrected chi connectivity index (χ1v) is 19.9. The van der Waals surface area contributed by atoms with E-state index in [1.54, 1.807) is 24.8 Å². The van der Waals surface area contributed by atoms with Crippen LogP contribution in [0.5, 0.6) is 0 Å². The number of furan rings is 1. The molecule has 7 heteroatoms. The highest BCUT2D eigenvalue weighted by Gasteiger charge is 2.22. The van der Waals surface area contributed by atoms with Crippen molar-refractivity contribution in [1.82, 2.24) is 29.5 Å². The number of nitrogens with zero attached hydrogens (tertiary/aromatic N) is 6. The summed E-state index contributed by atoms with van der Waals surface area (Å²) in [5.74, 6) is 1.74. The Morgan fingerprint density at radius 3 is 1.86 bits per heavy atom. The van der Waals surface area contributed by atoms with Crippen LogP contribution in [0.15, 0.2) is 181 Å². The zero-order chi connectivity index (χ0) is 39.3. The van der Waals surface area contributed by atoms with Crippen LogP contribution >= 0.6 is 0 Å². The molecule has 59 heavy (non-hydrogen) atoms. The van der Waals surface area contributed by atoms with Crippen LogP contribution in [0.25, 0.3) is 94.7 Å². The number of pyridine rings is 2. The molecule has 7 nitrogen and oxygen atoms in total. The molecule has 0 radical (unpaired) electrons. The van der Waals surface area contributed by atoms with Crippen LogP contribution in [0.4, 0.5) is 0 Å². The molecule has 0 N–H and O–H groups in total. The van der Waals surface area contributed by atoms with Crippen molar-refractivity contribution in [3.8, 4) is 51.0 Å². The minimum atomic E-state index is 0.570. The van der Waals surface area contributed by atoms with Crippen molar-refractivity contribution in [3.05, 3.63) is 193 Å². The van der Waals surface area contributed by atoms with Gasteiger partial charge in [-0.25, -0.2) is 15.0 Å². The lowest BCUT2D eigenvalue weighted by atomic mass is 9.91. The minimum absolute atomic E-state index is 0.570. The minimum Gasteiger partial charge on any atom is -0.455 e. The van der Waals surface area contributed by atoms with Gasteiger partial charge in [0.05, 0.1) is 16.4 Å². The Balaban J connectivity index is 0.947. The number of hydrogen-bond acceptors (Lipinski definition) is 6. The van der Waals surface area contributed by atoms with Crippen LogP contribution in [0.2, 0.25) is 0 Å². The highest BCUT2D eigenvalue weighted by atomic mass is 16.3. The van der Waals surface area contributed by atoms with Gasteiger partial charge in [0, 0.05) is 68.9 Å². The van der Waals surface area contributed by atoms with E-state index in [4.69, 9.17) is 19.4 Å². The van der Waals surface area contributed by atoms with Crippen LogP contribution in [0.1, 0.15) is 16.7 Å². The van der Waals surface area contributed by atoms with Crippen molar-refractivity contribution in [3.63, 3.8) is 0 Å². The fourth-order valence-electron chi connectivity index (χ4n) is 8.47. The fraction of sp³-hybridized carbons (Fsp3) is 0.0577. The molecule has 5 heterocycles. The maximum Gasteiger partial charge on any atom is 0.165 e. The predicted octanol–water partition coefficient (Wildman–Crippen LogP) is 12.4. The number of para-hydroxylation sites is 2. The van der Waals surface area contributed by atoms with Gasteiger partial charge in [-0.1, -0.05) is 97.1 Å². The zero-order valence-electron chi connectivity index (χ0n) is 32.2. The monoisotopic (exact) mass is 760 g/mol. The van der Waals surface area contributed by atoms with E-state index in [-0.39, 0.29) is 0 Å². The molecule has 0 aliphatic heterocycles. The Morgan fingerprint density at radius 1 is 0.492 bits per heavy atom. The summed E-state index contributed by atoms with van der Waals surface area (Å²) in [6, 6.07) is 53.2. The lowest BCUT2D eigenvalue weighted by Crippen LogP contribution is -2.01. The van der Waals surface area contributed by atoms with E-state index < -0.39 is 0 Å². The van der Waals surface area contributed by atoms with E-state index in [0.717, 1.165) is 79.1 Å². The van der Waals surface area contributed by atoms with E-state index in [2.05, 4.69) is 149 Å². The van der Waals surface area contributed by atoms with Crippen LogP contribution < -0.4 is 0 Å². The normalized spacial score (nSPS) is 11.6. The Labute approximate surface area is 340 Å². The van der Waals surface area contributed by atoms with Crippen LogP contribution in [0, 0.1) is 6.92 Å². The molecule has 0 aliphatic rings. The van der Waals surface area contributed by atoms with Gasteiger partial charge < -0.3 is 8.98 Å². The number of hydrogen-bond donors (Lipinski definition) is 0. The number of aryl methyl sites for hydroxylation is 3. The summed E-state index contributed by atoms with van der Waals surface area (Å²) in [6.07, 6.45) is 8.76. The molecule has 0 saturated heterocycles. The molecule has 0 atom stereocenters. The second kappa shape index (κ2) is 14.3. The fourth-order valence-corrected chi connectivity index (χ4v) is 8.47. The maximum absolute atomic E-state index is 7.10. The summed E-state index contributed by atoms with van der Waals surface area (Å²) in [4.78, 5) is 23.1. The van der Waals surface area contributed by atoms with E-state index in [1.807, 2.05) is 24.3 Å². The van der Waals surface area contributed by atoms with Crippen LogP contribution in [-0.4, -0.2) is 29.5 Å². The van der Waals surface area contributed by atoms with Crippen molar-refractivity contribution in [1.29, 1.82) is 0 Å². The predicted molar refractivity (Wildman–Crippen MR) is 237 cm³/mol. The maximum atomic E-state index is 7.10. The standard InChI is InChI=1S/C52H36N6O/c1-33-19-26-41-42-27-28-45-47(43-17-7-8-18-44(43)58(45)39-14-3-2-4-15-39)49(42)59-48(41)46(33)40-16-6-5-11-35(40)23-20-34-21-24-36(25-22-34)50-55-51(37-12-9-29-53-31-37)57-52(56-50)38-13-10-30-54-32-38/h2-19,21-22,24-32H,20,23H2,1H3. The summed E-state index contributed by atoms with van der Waals surface area (Å²) in [7, 11) is 0. The molecule has 5 aromatic heterocycles. The Kier molecular flexibility index (Phi) is 8.36. The summed E-state index contributed by atoms with van der Waals surface area (Å²) in [6.45, 7) is 2.19. The Bertz CT molecular complexity index is 3260. The lowest BCUT2D eigenvalue weighted by Gasteiger charge is -2.13. The second-order valence-electron chi connectivity index (χ2n) is 14.9. The van der Waals surface area contributed by atoms with Crippen molar-refractivity contribution >= 4 is 43.7 Å². The van der Waals surface area contributed by atoms with E-state index in [9.17, 15) is 0 Å². The Morgan fingerprint density at radius 2 is 1.14 bits per heavy atom. The van der Waals surface area contributed by atoms with Gasteiger partial charge >= 0.3 is 0 Å². The first-order valence-electron chi connectivity index (χ1n) is 19.9. The molecular weight excluding hydrogens is 725 g/mol. The molecule has 0 spiro atoms. The first-order chi connectivity index (χ1) is 29.2. The molecule has 6 aromatic carbocycles.